The summed E-state index contributed by atoms with van der Waals surface area (Å²) in [6.45, 7) is 1.78. The fourth-order valence-corrected chi connectivity index (χ4v) is 3.89. The van der Waals surface area contributed by atoms with Crippen LogP contribution in [0.4, 0.5) is 5.82 Å². The topological polar surface area (TPSA) is 156 Å². The molecule has 0 atom stereocenters. The van der Waals surface area contributed by atoms with Gasteiger partial charge < -0.3 is 30.1 Å². The van der Waals surface area contributed by atoms with Gasteiger partial charge in [0.2, 0.25) is 0 Å². The van der Waals surface area contributed by atoms with Gasteiger partial charge in [-0.25, -0.2) is 9.59 Å². The molecule has 9 nitrogen and oxygen atoms in total. The molecule has 0 aliphatic rings. The van der Waals surface area contributed by atoms with E-state index in [0.29, 0.717) is 16.7 Å². The van der Waals surface area contributed by atoms with Crippen molar-refractivity contribution in [3.8, 4) is 28.0 Å². The highest BCUT2D eigenvalue weighted by molar-refractivity contribution is 6.09. The van der Waals surface area contributed by atoms with E-state index in [1.165, 1.54) is 13.2 Å². The number of nitrogens with one attached hydrogen (secondary N) is 1. The lowest BCUT2D eigenvalue weighted by Crippen LogP contribution is -2.24. The molecule has 0 unspecified atom stereocenters. The summed E-state index contributed by atoms with van der Waals surface area (Å²) in [5.74, 6) is -2.81. The van der Waals surface area contributed by atoms with Crippen LogP contribution >= 0.6 is 0 Å². The molecule has 4 rings (SSSR count). The molecule has 0 aliphatic heterocycles. The third-order valence-corrected chi connectivity index (χ3v) is 5.19. The van der Waals surface area contributed by atoms with Crippen molar-refractivity contribution in [2.45, 2.75) is 6.92 Å². The number of methoxy groups -OCH3 is 1. The lowest BCUT2D eigenvalue weighted by Gasteiger charge is -2.15. The molecule has 2 aromatic heterocycles. The number of benzene rings is 2. The monoisotopic (exact) mass is 434 g/mol. The highest BCUT2D eigenvalue weighted by Crippen LogP contribution is 2.43. The molecule has 162 valence electrons. The largest absolute Gasteiger partial charge is 0.496 e. The van der Waals surface area contributed by atoms with Gasteiger partial charge in [-0.15, -0.1) is 0 Å². The number of pyridine rings is 1. The Bertz CT molecular complexity index is 1450. The maximum Gasteiger partial charge on any atom is 0.342 e. The van der Waals surface area contributed by atoms with E-state index in [0.717, 1.165) is 11.1 Å². The van der Waals surface area contributed by atoms with Crippen LogP contribution < -0.4 is 16.0 Å². The summed E-state index contributed by atoms with van der Waals surface area (Å²) in [5, 5.41) is 20.1. The van der Waals surface area contributed by atoms with Crippen molar-refractivity contribution in [2.24, 2.45) is 0 Å². The maximum absolute atomic E-state index is 12.4. The molecule has 4 aromatic rings. The van der Waals surface area contributed by atoms with Crippen LogP contribution in [-0.2, 0) is 0 Å². The summed E-state index contributed by atoms with van der Waals surface area (Å²) in [6.07, 6.45) is 0. The van der Waals surface area contributed by atoms with Crippen LogP contribution in [0.1, 0.15) is 26.5 Å². The first kappa shape index (κ1) is 20.7. The van der Waals surface area contributed by atoms with Gasteiger partial charge in [0.15, 0.2) is 0 Å². The first-order valence-electron chi connectivity index (χ1n) is 9.43. The average molecular weight is 434 g/mol. The fourth-order valence-electron chi connectivity index (χ4n) is 3.89. The molecule has 0 amide bonds. The minimum atomic E-state index is -1.61. The van der Waals surface area contributed by atoms with Crippen molar-refractivity contribution in [1.29, 1.82) is 0 Å². The van der Waals surface area contributed by atoms with Gasteiger partial charge in [-0.2, -0.15) is 0 Å². The molecule has 5 N–H and O–H groups in total. The number of nitrogen functional groups attached to an aromatic ring is 1. The molecular weight excluding hydrogens is 416 g/mol. The predicted octanol–water partition coefficient (Wildman–Crippen LogP) is 3.75. The summed E-state index contributed by atoms with van der Waals surface area (Å²) < 4.78 is 11.4. The standard InChI is InChI=1S/C23H18N2O7/c1-10-16(11-6-4-3-5-7-11)13-8-14(31-2)12(9-15(13)32-10)17-18(22(27)28)20(24)25-21(26)19(17)23(29)30/h3-9H,1-2H3,(H,27,28)(H,29,30)(H3,24,25,26). The van der Waals surface area contributed by atoms with Gasteiger partial charge in [0, 0.05) is 22.1 Å². The smallest absolute Gasteiger partial charge is 0.342 e. The number of H-pyrrole nitrogens is 1. The number of rotatable bonds is 5. The van der Waals surface area contributed by atoms with Crippen LogP contribution in [0.3, 0.4) is 0 Å². The highest BCUT2D eigenvalue weighted by Gasteiger charge is 2.29. The highest BCUT2D eigenvalue weighted by atomic mass is 16.5. The molecule has 0 fully saturated rings. The van der Waals surface area contributed by atoms with Gasteiger partial charge >= 0.3 is 11.9 Å². The number of fused-ring (bicyclic) bond motifs is 1. The molecule has 32 heavy (non-hydrogen) atoms. The lowest BCUT2D eigenvalue weighted by atomic mass is 9.93. The van der Waals surface area contributed by atoms with Crippen molar-refractivity contribution in [2.75, 3.05) is 12.8 Å². The van der Waals surface area contributed by atoms with Crippen LogP contribution in [0.15, 0.2) is 51.7 Å². The second-order valence-corrected chi connectivity index (χ2v) is 7.05. The second-order valence-electron chi connectivity index (χ2n) is 7.05. The van der Waals surface area contributed by atoms with Crippen molar-refractivity contribution < 1.29 is 29.0 Å². The van der Waals surface area contributed by atoms with Gasteiger partial charge in [-0.1, -0.05) is 30.3 Å². The number of carbonyl (C=O) groups is 2. The SMILES string of the molecule is COc1cc2c(-c3ccccc3)c(C)oc2cc1-c1c(C(=O)O)c(N)[nH]c(=O)c1C(=O)O. The lowest BCUT2D eigenvalue weighted by molar-refractivity contribution is 0.0695. The number of anilines is 1. The Morgan fingerprint density at radius 3 is 2.28 bits per heavy atom. The zero-order chi connectivity index (χ0) is 23.2. The van der Waals surface area contributed by atoms with Crippen molar-refractivity contribution >= 4 is 28.7 Å². The van der Waals surface area contributed by atoms with Crippen molar-refractivity contribution in [3.05, 3.63) is 69.7 Å². The molecule has 2 aromatic carbocycles. The molecular formula is C23H18N2O7. The number of ether oxygens (including phenoxy) is 1. The Morgan fingerprint density at radius 1 is 1.03 bits per heavy atom. The Kier molecular flexibility index (Phi) is 4.94. The number of furan rings is 1. The van der Waals surface area contributed by atoms with Gasteiger partial charge in [0.1, 0.15) is 34.0 Å². The van der Waals surface area contributed by atoms with Gasteiger partial charge in [0.25, 0.3) is 5.56 Å². The normalized spacial score (nSPS) is 10.9. The number of aromatic amines is 1. The number of nitrogens with two attached hydrogens (primary N) is 1. The molecule has 0 spiro atoms. The summed E-state index contributed by atoms with van der Waals surface area (Å²) >= 11 is 0. The number of aromatic carboxylic acids is 2. The van der Waals surface area contributed by atoms with Gasteiger partial charge in [-0.3, -0.25) is 4.79 Å². The quantitative estimate of drug-likeness (QED) is 0.370. The third kappa shape index (κ3) is 3.16. The number of aromatic nitrogens is 1. The predicted molar refractivity (Wildman–Crippen MR) is 117 cm³/mol. The Morgan fingerprint density at radius 2 is 1.69 bits per heavy atom. The number of carboxylic acid groups (broad SMARTS) is 2. The maximum atomic E-state index is 12.4. The fraction of sp³-hybridized carbons (Fsp3) is 0.0870. The first-order valence-corrected chi connectivity index (χ1v) is 9.43. The average Bonchev–Trinajstić information content (AvgIpc) is 3.06. The Labute approximate surface area is 180 Å². The number of carboxylic acids is 2. The van der Waals surface area contributed by atoms with Crippen molar-refractivity contribution in [3.63, 3.8) is 0 Å². The Balaban J connectivity index is 2.13. The molecule has 0 radical (unpaired) electrons. The van der Waals surface area contributed by atoms with Crippen LogP contribution in [-0.4, -0.2) is 34.2 Å². The van der Waals surface area contributed by atoms with E-state index in [4.69, 9.17) is 14.9 Å². The first-order chi connectivity index (χ1) is 15.2. The van der Waals surface area contributed by atoms with Crippen LogP contribution in [0, 0.1) is 6.92 Å². The van der Waals surface area contributed by atoms with E-state index >= 15 is 0 Å². The molecule has 0 aliphatic carbocycles. The molecule has 0 saturated heterocycles. The second kappa shape index (κ2) is 7.62. The molecule has 9 heteroatoms. The minimum Gasteiger partial charge on any atom is -0.496 e. The molecule has 0 saturated carbocycles. The van der Waals surface area contributed by atoms with Crippen LogP contribution in [0.5, 0.6) is 5.75 Å². The van der Waals surface area contributed by atoms with E-state index in [9.17, 15) is 24.6 Å². The zero-order valence-corrected chi connectivity index (χ0v) is 17.1. The van der Waals surface area contributed by atoms with Crippen LogP contribution in [0.2, 0.25) is 0 Å². The van der Waals surface area contributed by atoms with E-state index in [-0.39, 0.29) is 16.9 Å². The van der Waals surface area contributed by atoms with E-state index in [1.54, 1.807) is 13.0 Å². The summed E-state index contributed by atoms with van der Waals surface area (Å²) in [5.41, 5.74) is 5.17. The van der Waals surface area contributed by atoms with E-state index < -0.39 is 34.4 Å². The number of aryl methyl sites for hydroxylation is 1. The third-order valence-electron chi connectivity index (χ3n) is 5.19. The van der Waals surface area contributed by atoms with Crippen LogP contribution in [0.25, 0.3) is 33.2 Å². The summed E-state index contributed by atoms with van der Waals surface area (Å²) in [6, 6.07) is 12.6. The van der Waals surface area contributed by atoms with Gasteiger partial charge in [-0.05, 0) is 24.6 Å². The molecule has 2 heterocycles. The summed E-state index contributed by atoms with van der Waals surface area (Å²) in [7, 11) is 1.36. The van der Waals surface area contributed by atoms with E-state index in [2.05, 4.69) is 4.98 Å². The Hall–Kier alpha value is -4.53. The van der Waals surface area contributed by atoms with Gasteiger partial charge in [0.05, 0.1) is 7.11 Å². The zero-order valence-electron chi connectivity index (χ0n) is 17.1. The van der Waals surface area contributed by atoms with E-state index in [1.807, 2.05) is 30.3 Å². The minimum absolute atomic E-state index is 0.0564. The summed E-state index contributed by atoms with van der Waals surface area (Å²) in [4.78, 5) is 38.3. The molecule has 0 bridgehead atoms. The number of hydrogen-bond acceptors (Lipinski definition) is 6. The van der Waals surface area contributed by atoms with Crippen molar-refractivity contribution in [1.82, 2.24) is 4.98 Å². The number of hydrogen-bond donors (Lipinski definition) is 4.